The molecule has 2 aromatic heterocycles. The highest BCUT2D eigenvalue weighted by molar-refractivity contribution is 5.83. The van der Waals surface area contributed by atoms with Crippen molar-refractivity contribution in [1.82, 2.24) is 19.7 Å². The minimum Gasteiger partial charge on any atom is -0.507 e. The minimum atomic E-state index is -4.54. The van der Waals surface area contributed by atoms with Crippen molar-refractivity contribution in [3.05, 3.63) is 41.1 Å². The zero-order valence-electron chi connectivity index (χ0n) is 17.5. The quantitative estimate of drug-likeness (QED) is 0.662. The summed E-state index contributed by atoms with van der Waals surface area (Å²) in [4.78, 5) is 18.1. The maximum atomic E-state index is 13.0. The van der Waals surface area contributed by atoms with Gasteiger partial charge in [0, 0.05) is 36.7 Å². The van der Waals surface area contributed by atoms with Crippen molar-refractivity contribution in [1.29, 1.82) is 0 Å². The number of aryl methyl sites for hydroxylation is 2. The molecule has 1 amide bonds. The van der Waals surface area contributed by atoms with Gasteiger partial charge in [0.1, 0.15) is 5.75 Å². The molecule has 0 unspecified atom stereocenters. The van der Waals surface area contributed by atoms with Crippen molar-refractivity contribution >= 4 is 16.9 Å². The van der Waals surface area contributed by atoms with E-state index in [2.05, 4.69) is 10.1 Å². The van der Waals surface area contributed by atoms with Crippen LogP contribution in [0.2, 0.25) is 0 Å². The zero-order valence-corrected chi connectivity index (χ0v) is 17.5. The molecule has 1 fully saturated rings. The summed E-state index contributed by atoms with van der Waals surface area (Å²) in [6, 6.07) is 5.30. The maximum absolute atomic E-state index is 13.0. The number of aromatic nitrogens is 3. The molecule has 9 heteroatoms. The predicted octanol–water partition coefficient (Wildman–Crippen LogP) is 4.49. The molecular formula is C22H23F3N4O2. The largest absolute Gasteiger partial charge is 0.507 e. The van der Waals surface area contributed by atoms with Gasteiger partial charge in [-0.1, -0.05) is 6.92 Å². The van der Waals surface area contributed by atoms with Crippen LogP contribution >= 0.6 is 0 Å². The number of likely N-dealkylation sites (tertiary alicyclic amines) is 1. The molecule has 164 valence electrons. The van der Waals surface area contributed by atoms with Crippen LogP contribution in [0.15, 0.2) is 24.3 Å². The second kappa shape index (κ2) is 7.55. The highest BCUT2D eigenvalue weighted by Gasteiger charge is 2.32. The number of hydrogen-bond acceptors (Lipinski definition) is 4. The summed E-state index contributed by atoms with van der Waals surface area (Å²) in [6.45, 7) is 4.09. The van der Waals surface area contributed by atoms with Crippen LogP contribution in [0, 0.1) is 6.92 Å². The van der Waals surface area contributed by atoms with Crippen molar-refractivity contribution in [2.24, 2.45) is 0 Å². The normalized spacial score (nSPS) is 17.5. The van der Waals surface area contributed by atoms with E-state index in [-0.39, 0.29) is 23.1 Å². The third-order valence-corrected chi connectivity index (χ3v) is 5.85. The lowest BCUT2D eigenvalue weighted by Gasteiger charge is -2.30. The van der Waals surface area contributed by atoms with E-state index in [0.717, 1.165) is 29.6 Å². The van der Waals surface area contributed by atoms with E-state index in [0.29, 0.717) is 30.7 Å². The number of phenolic OH excluding ortho intramolecular Hbond substituents is 1. The number of piperidine rings is 1. The fourth-order valence-corrected chi connectivity index (χ4v) is 4.28. The first-order valence-corrected chi connectivity index (χ1v) is 10.1. The molecule has 3 aromatic rings. The summed E-state index contributed by atoms with van der Waals surface area (Å²) in [6.07, 6.45) is -2.68. The monoisotopic (exact) mass is 432 g/mol. The molecule has 0 spiro atoms. The van der Waals surface area contributed by atoms with Crippen molar-refractivity contribution in [3.63, 3.8) is 0 Å². The number of amides is 1. The van der Waals surface area contributed by atoms with Gasteiger partial charge < -0.3 is 10.0 Å². The van der Waals surface area contributed by atoms with E-state index in [1.165, 1.54) is 6.92 Å². The molecule has 0 saturated carbocycles. The number of pyridine rings is 1. The van der Waals surface area contributed by atoms with Crippen LogP contribution in [-0.2, 0) is 17.4 Å². The second-order valence-corrected chi connectivity index (χ2v) is 7.96. The van der Waals surface area contributed by atoms with Crippen LogP contribution in [-0.4, -0.2) is 44.3 Å². The average molecular weight is 432 g/mol. The highest BCUT2D eigenvalue weighted by atomic mass is 19.4. The Morgan fingerprint density at radius 3 is 2.61 bits per heavy atom. The number of fused-ring (bicyclic) bond motifs is 1. The van der Waals surface area contributed by atoms with Crippen molar-refractivity contribution in [3.8, 4) is 17.0 Å². The molecule has 4 rings (SSSR count). The van der Waals surface area contributed by atoms with Crippen LogP contribution in [0.25, 0.3) is 22.3 Å². The van der Waals surface area contributed by atoms with Gasteiger partial charge in [-0.3, -0.25) is 9.48 Å². The lowest BCUT2D eigenvalue weighted by Crippen LogP contribution is -2.38. The van der Waals surface area contributed by atoms with Crippen LogP contribution in [0.5, 0.6) is 5.75 Å². The lowest BCUT2D eigenvalue weighted by molar-refractivity contribution is -0.137. The van der Waals surface area contributed by atoms with Gasteiger partial charge in [0.15, 0.2) is 5.65 Å². The number of rotatable bonds is 3. The van der Waals surface area contributed by atoms with Crippen LogP contribution in [0.4, 0.5) is 13.2 Å². The molecule has 1 aliphatic heterocycles. The molecule has 6 nitrogen and oxygen atoms in total. The first-order valence-electron chi connectivity index (χ1n) is 10.1. The third kappa shape index (κ3) is 3.73. The number of carbonyl (C=O) groups is 1. The molecule has 1 saturated heterocycles. The Bertz CT molecular complexity index is 1150. The zero-order chi connectivity index (χ0) is 22.5. The number of aromatic hydroxyl groups is 1. The van der Waals surface area contributed by atoms with Gasteiger partial charge in [-0.15, -0.1) is 0 Å². The van der Waals surface area contributed by atoms with Crippen molar-refractivity contribution in [2.45, 2.75) is 45.3 Å². The number of alkyl halides is 3. The SMILES string of the molecule is CCc1c2ccc(-c3c(C)cc(C(F)(F)F)cc3O)nc2nn1[C@H]1CCC(=O)N(C)C1. The Kier molecular flexibility index (Phi) is 5.15. The molecule has 0 aliphatic carbocycles. The highest BCUT2D eigenvalue weighted by Crippen LogP contribution is 2.39. The van der Waals surface area contributed by atoms with E-state index in [1.54, 1.807) is 18.0 Å². The van der Waals surface area contributed by atoms with Crippen molar-refractivity contribution < 1.29 is 23.1 Å². The summed E-state index contributed by atoms with van der Waals surface area (Å²) in [5.74, 6) is -0.360. The fraction of sp³-hybridized carbons (Fsp3) is 0.409. The Morgan fingerprint density at radius 1 is 1.26 bits per heavy atom. The summed E-state index contributed by atoms with van der Waals surface area (Å²) < 4.78 is 41.0. The van der Waals surface area contributed by atoms with Gasteiger partial charge in [0.2, 0.25) is 5.91 Å². The topological polar surface area (TPSA) is 71.2 Å². The second-order valence-electron chi connectivity index (χ2n) is 7.96. The van der Waals surface area contributed by atoms with E-state index in [9.17, 15) is 23.1 Å². The number of hydrogen-bond donors (Lipinski definition) is 1. The first-order chi connectivity index (χ1) is 14.6. The Labute approximate surface area is 177 Å². The third-order valence-electron chi connectivity index (χ3n) is 5.85. The van der Waals surface area contributed by atoms with E-state index < -0.39 is 17.5 Å². The Balaban J connectivity index is 1.78. The van der Waals surface area contributed by atoms with Crippen molar-refractivity contribution in [2.75, 3.05) is 13.6 Å². The summed E-state index contributed by atoms with van der Waals surface area (Å²) in [5, 5.41) is 15.9. The van der Waals surface area contributed by atoms with E-state index in [1.807, 2.05) is 17.7 Å². The van der Waals surface area contributed by atoms with Crippen LogP contribution in [0.1, 0.15) is 42.6 Å². The molecule has 1 aliphatic rings. The van der Waals surface area contributed by atoms with E-state index >= 15 is 0 Å². The lowest BCUT2D eigenvalue weighted by atomic mass is 10.00. The molecule has 1 atom stereocenters. The Hall–Kier alpha value is -3.10. The van der Waals surface area contributed by atoms with Gasteiger partial charge in [0.25, 0.3) is 0 Å². The average Bonchev–Trinajstić information content (AvgIpc) is 3.06. The van der Waals surface area contributed by atoms with Gasteiger partial charge in [-0.05, 0) is 49.6 Å². The van der Waals surface area contributed by atoms with Gasteiger partial charge in [-0.25, -0.2) is 4.98 Å². The number of likely N-dealkylation sites (N-methyl/N-ethyl adjacent to an activating group) is 1. The first kappa shape index (κ1) is 21.1. The molecular weight excluding hydrogens is 409 g/mol. The number of halogens is 3. The summed E-state index contributed by atoms with van der Waals surface area (Å²) >= 11 is 0. The number of phenols is 1. The molecule has 1 N–H and O–H groups in total. The Morgan fingerprint density at radius 2 is 2.00 bits per heavy atom. The molecule has 0 radical (unpaired) electrons. The van der Waals surface area contributed by atoms with Gasteiger partial charge >= 0.3 is 6.18 Å². The molecule has 3 heterocycles. The predicted molar refractivity (Wildman–Crippen MR) is 110 cm³/mol. The summed E-state index contributed by atoms with van der Waals surface area (Å²) in [7, 11) is 1.77. The van der Waals surface area contributed by atoms with Gasteiger partial charge in [0.05, 0.1) is 17.3 Å². The fourth-order valence-electron chi connectivity index (χ4n) is 4.28. The molecule has 1 aromatic carbocycles. The molecule has 0 bridgehead atoms. The van der Waals surface area contributed by atoms with Gasteiger partial charge in [-0.2, -0.15) is 18.3 Å². The smallest absolute Gasteiger partial charge is 0.416 e. The standard InChI is InChI=1S/C22H23F3N4O2/c1-4-17-15-6-7-16(20-12(2)9-13(10-18(20)30)22(23,24)25)26-21(15)27-29(17)14-5-8-19(31)28(3)11-14/h6-7,9-10,14,30H,4-5,8,11H2,1-3H3/t14-/m0/s1. The summed E-state index contributed by atoms with van der Waals surface area (Å²) in [5.41, 5.74) is 1.45. The number of carbonyl (C=O) groups excluding carboxylic acids is 1. The maximum Gasteiger partial charge on any atom is 0.416 e. The molecule has 31 heavy (non-hydrogen) atoms. The van der Waals surface area contributed by atoms with Crippen LogP contribution in [0.3, 0.4) is 0 Å². The van der Waals surface area contributed by atoms with E-state index in [4.69, 9.17) is 0 Å². The van der Waals surface area contributed by atoms with Crippen LogP contribution < -0.4 is 0 Å². The number of benzene rings is 1. The minimum absolute atomic E-state index is 0.0384. The number of nitrogens with zero attached hydrogens (tertiary/aromatic N) is 4.